The lowest BCUT2D eigenvalue weighted by molar-refractivity contribution is 0.160. The molecule has 1 aliphatic rings. The van der Waals surface area contributed by atoms with Crippen LogP contribution >= 0.6 is 0 Å². The van der Waals surface area contributed by atoms with E-state index in [1.165, 1.54) is 12.8 Å². The van der Waals surface area contributed by atoms with E-state index < -0.39 is 0 Å². The maximum absolute atomic E-state index is 13.7. The number of hydrogen-bond acceptors (Lipinski definition) is 2. The molecule has 1 atom stereocenters. The van der Waals surface area contributed by atoms with Crippen molar-refractivity contribution in [2.45, 2.75) is 26.1 Å². The van der Waals surface area contributed by atoms with Gasteiger partial charge in [0.2, 0.25) is 0 Å². The number of benzene rings is 1. The van der Waals surface area contributed by atoms with Gasteiger partial charge in [-0.25, -0.2) is 4.39 Å². The average molecular weight is 274 g/mol. The van der Waals surface area contributed by atoms with Crippen molar-refractivity contribution < 1.29 is 9.13 Å². The van der Waals surface area contributed by atoms with Crippen molar-refractivity contribution in [2.24, 2.45) is 0 Å². The van der Waals surface area contributed by atoms with E-state index in [1.54, 1.807) is 12.1 Å². The minimum atomic E-state index is -0.293. The Labute approximate surface area is 118 Å². The van der Waals surface area contributed by atoms with Gasteiger partial charge in [0, 0.05) is 37.6 Å². The van der Waals surface area contributed by atoms with E-state index in [-0.39, 0.29) is 5.82 Å². The molecule has 0 spiro atoms. The van der Waals surface area contributed by atoms with Gasteiger partial charge in [0.25, 0.3) is 0 Å². The molecule has 0 unspecified atom stereocenters. The predicted octanol–water partition coefficient (Wildman–Crippen LogP) is 3.21. The highest BCUT2D eigenvalue weighted by molar-refractivity contribution is 5.29. The Morgan fingerprint density at radius 2 is 2.15 bits per heavy atom. The Morgan fingerprint density at radius 3 is 2.90 bits per heavy atom. The molecule has 1 aromatic carbocycles. The average Bonchev–Trinajstić information content (AvgIpc) is 2.91. The number of fused-ring (bicyclic) bond motifs is 1. The fourth-order valence-electron chi connectivity index (χ4n) is 2.89. The van der Waals surface area contributed by atoms with Crippen LogP contribution < -0.4 is 4.74 Å². The number of rotatable bonds is 3. The summed E-state index contributed by atoms with van der Waals surface area (Å²) in [6, 6.07) is 9.79. The van der Waals surface area contributed by atoms with E-state index in [2.05, 4.69) is 34.7 Å². The summed E-state index contributed by atoms with van der Waals surface area (Å²) in [6.07, 6.45) is 2.12. The van der Waals surface area contributed by atoms with Gasteiger partial charge in [0.15, 0.2) is 11.6 Å². The first kappa shape index (κ1) is 13.2. The Balaban J connectivity index is 1.77. The highest BCUT2D eigenvalue weighted by atomic mass is 19.1. The van der Waals surface area contributed by atoms with Gasteiger partial charge < -0.3 is 9.30 Å². The highest BCUT2D eigenvalue weighted by Gasteiger charge is 2.23. The minimum absolute atomic E-state index is 0.293. The van der Waals surface area contributed by atoms with E-state index in [0.29, 0.717) is 11.8 Å². The topological polar surface area (TPSA) is 17.4 Å². The first-order chi connectivity index (χ1) is 9.69. The summed E-state index contributed by atoms with van der Waals surface area (Å²) in [5, 5.41) is 0. The largest absolute Gasteiger partial charge is 0.494 e. The van der Waals surface area contributed by atoms with Crippen LogP contribution in [-0.2, 0) is 13.1 Å². The second kappa shape index (κ2) is 5.29. The fourth-order valence-corrected chi connectivity index (χ4v) is 2.89. The summed E-state index contributed by atoms with van der Waals surface area (Å²) in [5.41, 5.74) is 2.31. The molecule has 3 nitrogen and oxygen atoms in total. The molecule has 0 amide bonds. The Hall–Kier alpha value is -1.81. The summed E-state index contributed by atoms with van der Waals surface area (Å²) < 4.78 is 21.0. The van der Waals surface area contributed by atoms with E-state index in [9.17, 15) is 4.39 Å². The quantitative estimate of drug-likeness (QED) is 0.855. The van der Waals surface area contributed by atoms with Crippen molar-refractivity contribution in [1.29, 1.82) is 0 Å². The molecule has 0 radical (unpaired) electrons. The van der Waals surface area contributed by atoms with Crippen molar-refractivity contribution in [3.8, 4) is 5.75 Å². The monoisotopic (exact) mass is 274 g/mol. The maximum Gasteiger partial charge on any atom is 0.165 e. The molecule has 3 rings (SSSR count). The molecule has 106 valence electrons. The number of ether oxygens (including phenoxy) is 1. The van der Waals surface area contributed by atoms with Gasteiger partial charge in [-0.15, -0.1) is 0 Å². The summed E-state index contributed by atoms with van der Waals surface area (Å²) in [5.74, 6) is 0.00681. The van der Waals surface area contributed by atoms with Gasteiger partial charge in [-0.05, 0) is 36.8 Å². The lowest BCUT2D eigenvalue weighted by atomic mass is 10.1. The van der Waals surface area contributed by atoms with Crippen LogP contribution in [0, 0.1) is 5.82 Å². The van der Waals surface area contributed by atoms with Crippen molar-refractivity contribution in [3.63, 3.8) is 0 Å². The van der Waals surface area contributed by atoms with Crippen LogP contribution in [0.4, 0.5) is 4.39 Å². The van der Waals surface area contributed by atoms with Gasteiger partial charge in [-0.3, -0.25) is 4.90 Å². The molecular weight excluding hydrogens is 255 g/mol. The molecule has 0 N–H and O–H groups in total. The third-order valence-corrected chi connectivity index (χ3v) is 4.07. The van der Waals surface area contributed by atoms with Crippen LogP contribution in [0.15, 0.2) is 36.5 Å². The van der Waals surface area contributed by atoms with Gasteiger partial charge in [-0.2, -0.15) is 0 Å². The molecule has 0 bridgehead atoms. The summed E-state index contributed by atoms with van der Waals surface area (Å²) in [7, 11) is 1.49. The van der Waals surface area contributed by atoms with Crippen molar-refractivity contribution in [3.05, 3.63) is 53.6 Å². The molecule has 0 fully saturated rings. The van der Waals surface area contributed by atoms with Crippen LogP contribution in [-0.4, -0.2) is 23.1 Å². The smallest absolute Gasteiger partial charge is 0.165 e. The standard InChI is InChI=1S/C16H19FN2O/c1-12-15-4-3-7-18(15)8-9-19(12)11-13-5-6-16(20-2)14(17)10-13/h3-7,10,12H,8-9,11H2,1-2H3/t12-/m1/s1. The second-order valence-corrected chi connectivity index (χ2v) is 5.24. The number of hydrogen-bond donors (Lipinski definition) is 0. The Morgan fingerprint density at radius 1 is 1.30 bits per heavy atom. The Bertz CT molecular complexity index is 608. The van der Waals surface area contributed by atoms with E-state index in [4.69, 9.17) is 4.74 Å². The van der Waals surface area contributed by atoms with Crippen LogP contribution in [0.1, 0.15) is 24.2 Å². The molecule has 0 saturated heterocycles. The van der Waals surface area contributed by atoms with Gasteiger partial charge in [-0.1, -0.05) is 6.07 Å². The summed E-state index contributed by atoms with van der Waals surface area (Å²) >= 11 is 0. The molecule has 0 saturated carbocycles. The van der Waals surface area contributed by atoms with E-state index in [1.807, 2.05) is 6.07 Å². The van der Waals surface area contributed by atoms with Crippen molar-refractivity contribution in [1.82, 2.24) is 9.47 Å². The summed E-state index contributed by atoms with van der Waals surface area (Å²) in [6.45, 7) is 4.93. The molecule has 0 aliphatic carbocycles. The molecule has 1 aliphatic heterocycles. The third kappa shape index (κ3) is 2.31. The number of nitrogens with zero attached hydrogens (tertiary/aromatic N) is 2. The van der Waals surface area contributed by atoms with Gasteiger partial charge in [0.05, 0.1) is 7.11 Å². The molecule has 2 aromatic rings. The van der Waals surface area contributed by atoms with Crippen molar-refractivity contribution >= 4 is 0 Å². The van der Waals surface area contributed by atoms with Crippen LogP contribution in [0.3, 0.4) is 0 Å². The predicted molar refractivity (Wildman–Crippen MR) is 76.2 cm³/mol. The molecule has 20 heavy (non-hydrogen) atoms. The minimum Gasteiger partial charge on any atom is -0.494 e. The second-order valence-electron chi connectivity index (χ2n) is 5.24. The number of methoxy groups -OCH3 is 1. The van der Waals surface area contributed by atoms with E-state index in [0.717, 1.165) is 25.2 Å². The lowest BCUT2D eigenvalue weighted by Gasteiger charge is -2.35. The number of aromatic nitrogens is 1. The highest BCUT2D eigenvalue weighted by Crippen LogP contribution is 2.27. The number of halogens is 1. The van der Waals surface area contributed by atoms with Crippen LogP contribution in [0.5, 0.6) is 5.75 Å². The first-order valence-electron chi connectivity index (χ1n) is 6.90. The van der Waals surface area contributed by atoms with Gasteiger partial charge in [0.1, 0.15) is 0 Å². The molecule has 1 aromatic heterocycles. The normalized spacial score (nSPS) is 18.9. The van der Waals surface area contributed by atoms with Crippen LogP contribution in [0.25, 0.3) is 0 Å². The fraction of sp³-hybridized carbons (Fsp3) is 0.375. The zero-order valence-electron chi connectivity index (χ0n) is 11.8. The lowest BCUT2D eigenvalue weighted by Crippen LogP contribution is -2.35. The van der Waals surface area contributed by atoms with Gasteiger partial charge >= 0.3 is 0 Å². The molecular formula is C16H19FN2O. The third-order valence-electron chi connectivity index (χ3n) is 4.07. The SMILES string of the molecule is COc1ccc(CN2CCn3cccc3[C@H]2C)cc1F. The summed E-state index contributed by atoms with van der Waals surface area (Å²) in [4.78, 5) is 2.37. The Kier molecular flexibility index (Phi) is 3.49. The maximum atomic E-state index is 13.7. The van der Waals surface area contributed by atoms with Crippen LogP contribution in [0.2, 0.25) is 0 Å². The molecule has 2 heterocycles. The van der Waals surface area contributed by atoms with E-state index >= 15 is 0 Å². The van der Waals surface area contributed by atoms with Crippen molar-refractivity contribution in [2.75, 3.05) is 13.7 Å². The molecule has 4 heteroatoms. The zero-order valence-corrected chi connectivity index (χ0v) is 11.8. The first-order valence-corrected chi connectivity index (χ1v) is 6.90. The zero-order chi connectivity index (χ0) is 14.1.